The number of fused-ring (bicyclic) bond motifs is 1. The van der Waals surface area contributed by atoms with E-state index in [-0.39, 0.29) is 24.7 Å². The van der Waals surface area contributed by atoms with Gasteiger partial charge in [0, 0.05) is 23.2 Å². The summed E-state index contributed by atoms with van der Waals surface area (Å²) in [6.07, 6.45) is -0.638. The van der Waals surface area contributed by atoms with Crippen molar-refractivity contribution in [1.29, 1.82) is 0 Å². The van der Waals surface area contributed by atoms with Crippen LogP contribution in [0.4, 0.5) is 4.39 Å². The Morgan fingerprint density at radius 3 is 2.96 bits per heavy atom. The van der Waals surface area contributed by atoms with Gasteiger partial charge in [0.25, 0.3) is 5.91 Å². The number of nitrogens with zero attached hydrogens (tertiary/aromatic N) is 1. The highest BCUT2D eigenvalue weighted by Crippen LogP contribution is 2.33. The second-order valence-corrected chi connectivity index (χ2v) is 6.56. The van der Waals surface area contributed by atoms with Crippen molar-refractivity contribution >= 4 is 33.3 Å². The molecule has 1 atom stereocenters. The molecule has 7 heteroatoms. The van der Waals surface area contributed by atoms with Crippen molar-refractivity contribution in [3.8, 4) is 0 Å². The highest BCUT2D eigenvalue weighted by molar-refractivity contribution is 7.21. The number of benzene rings is 1. The zero-order valence-corrected chi connectivity index (χ0v) is 13.4. The minimum atomic E-state index is -0.954. The Morgan fingerprint density at radius 2 is 2.26 bits per heavy atom. The Morgan fingerprint density at radius 1 is 1.48 bits per heavy atom. The van der Waals surface area contributed by atoms with Crippen LogP contribution in [-0.4, -0.2) is 47.7 Å². The number of rotatable bonds is 3. The fourth-order valence-corrected chi connectivity index (χ4v) is 4.01. The van der Waals surface area contributed by atoms with Crippen molar-refractivity contribution in [2.24, 2.45) is 0 Å². The molecule has 0 radical (unpaired) electrons. The van der Waals surface area contributed by atoms with Crippen LogP contribution >= 0.6 is 11.3 Å². The van der Waals surface area contributed by atoms with Gasteiger partial charge in [0.1, 0.15) is 5.82 Å². The number of aryl methyl sites for hydroxylation is 1. The zero-order chi connectivity index (χ0) is 16.6. The van der Waals surface area contributed by atoms with E-state index in [0.29, 0.717) is 29.0 Å². The lowest BCUT2D eigenvalue weighted by Crippen LogP contribution is -2.46. The third kappa shape index (κ3) is 3.07. The van der Waals surface area contributed by atoms with E-state index < -0.39 is 12.1 Å². The molecule has 0 unspecified atom stereocenters. The highest BCUT2D eigenvalue weighted by atomic mass is 32.1. The lowest BCUT2D eigenvalue weighted by Gasteiger charge is -2.32. The molecule has 1 aliphatic heterocycles. The molecule has 23 heavy (non-hydrogen) atoms. The molecular formula is C16H16FNO4S. The van der Waals surface area contributed by atoms with Crippen LogP contribution < -0.4 is 0 Å². The van der Waals surface area contributed by atoms with Gasteiger partial charge in [-0.1, -0.05) is 6.07 Å². The van der Waals surface area contributed by atoms with Crippen molar-refractivity contribution in [3.63, 3.8) is 0 Å². The average molecular weight is 337 g/mol. The quantitative estimate of drug-likeness (QED) is 0.935. The molecule has 0 saturated carbocycles. The standard InChI is InChI=1S/C16H16FNO4S/c1-9-14-11(17)3-2-4-12(14)23-15(9)16(21)18-5-6-22-10(8-18)7-13(19)20/h2-4,10H,5-8H2,1H3,(H,19,20)/t10-/m1/s1. The number of carbonyl (C=O) groups is 2. The van der Waals surface area contributed by atoms with Crippen LogP contribution in [0.3, 0.4) is 0 Å². The number of carboxylic acids is 1. The normalized spacial score (nSPS) is 18.3. The molecule has 0 spiro atoms. The van der Waals surface area contributed by atoms with Crippen LogP contribution in [0.15, 0.2) is 18.2 Å². The minimum absolute atomic E-state index is 0.135. The number of morpholine rings is 1. The molecular weight excluding hydrogens is 321 g/mol. The van der Waals surface area contributed by atoms with Gasteiger partial charge >= 0.3 is 5.97 Å². The number of carbonyl (C=O) groups excluding carboxylic acids is 1. The summed E-state index contributed by atoms with van der Waals surface area (Å²) in [6.45, 7) is 2.69. The summed E-state index contributed by atoms with van der Waals surface area (Å²) in [7, 11) is 0. The molecule has 2 heterocycles. The van der Waals surface area contributed by atoms with Gasteiger partial charge in [0.15, 0.2) is 0 Å². The number of aliphatic carboxylic acids is 1. The lowest BCUT2D eigenvalue weighted by molar-refractivity contribution is -0.141. The summed E-state index contributed by atoms with van der Waals surface area (Å²) in [5.74, 6) is -1.48. The lowest BCUT2D eigenvalue weighted by atomic mass is 10.1. The number of thiophene rings is 1. The first-order chi connectivity index (χ1) is 11.0. The molecule has 1 aromatic carbocycles. The Kier molecular flexibility index (Phi) is 4.32. The Bertz CT molecular complexity index is 773. The largest absolute Gasteiger partial charge is 0.481 e. The summed E-state index contributed by atoms with van der Waals surface area (Å²) >= 11 is 1.27. The van der Waals surface area contributed by atoms with Crippen molar-refractivity contribution in [2.45, 2.75) is 19.4 Å². The maximum atomic E-state index is 14.0. The van der Waals surface area contributed by atoms with Crippen LogP contribution in [0.1, 0.15) is 21.7 Å². The van der Waals surface area contributed by atoms with Crippen LogP contribution in [-0.2, 0) is 9.53 Å². The third-order valence-corrected chi connectivity index (χ3v) is 5.17. The van der Waals surface area contributed by atoms with Gasteiger partial charge in [-0.25, -0.2) is 4.39 Å². The highest BCUT2D eigenvalue weighted by Gasteiger charge is 2.29. The predicted octanol–water partition coefficient (Wildman–Crippen LogP) is 2.66. The van der Waals surface area contributed by atoms with E-state index >= 15 is 0 Å². The second-order valence-electron chi connectivity index (χ2n) is 5.51. The molecule has 122 valence electrons. The van der Waals surface area contributed by atoms with Crippen molar-refractivity contribution in [1.82, 2.24) is 4.90 Å². The summed E-state index contributed by atoms with van der Waals surface area (Å²) in [6, 6.07) is 4.80. The fraction of sp³-hybridized carbons (Fsp3) is 0.375. The topological polar surface area (TPSA) is 66.8 Å². The van der Waals surface area contributed by atoms with Gasteiger partial charge in [-0.05, 0) is 24.6 Å². The van der Waals surface area contributed by atoms with Crippen molar-refractivity contribution < 1.29 is 23.8 Å². The van der Waals surface area contributed by atoms with E-state index in [1.54, 1.807) is 24.0 Å². The summed E-state index contributed by atoms with van der Waals surface area (Å²) in [5.41, 5.74) is 0.634. The van der Waals surface area contributed by atoms with Gasteiger partial charge in [-0.3, -0.25) is 9.59 Å². The molecule has 5 nitrogen and oxygen atoms in total. The molecule has 0 bridgehead atoms. The number of hydrogen-bond donors (Lipinski definition) is 1. The Hall–Kier alpha value is -1.99. The third-order valence-electron chi connectivity index (χ3n) is 3.93. The first-order valence-corrected chi connectivity index (χ1v) is 8.09. The Labute approximate surface area is 136 Å². The van der Waals surface area contributed by atoms with Gasteiger partial charge in [0.05, 0.1) is 24.0 Å². The zero-order valence-electron chi connectivity index (χ0n) is 12.5. The van der Waals surface area contributed by atoms with Crippen LogP contribution in [0.2, 0.25) is 0 Å². The fourth-order valence-electron chi connectivity index (χ4n) is 2.82. The summed E-state index contributed by atoms with van der Waals surface area (Å²) in [4.78, 5) is 25.6. The number of ether oxygens (including phenoxy) is 1. The van der Waals surface area contributed by atoms with Crippen LogP contribution in [0.5, 0.6) is 0 Å². The maximum absolute atomic E-state index is 14.0. The van der Waals surface area contributed by atoms with Gasteiger partial charge in [0.2, 0.25) is 0 Å². The van der Waals surface area contributed by atoms with E-state index in [2.05, 4.69) is 0 Å². The molecule has 1 N–H and O–H groups in total. The SMILES string of the molecule is Cc1c(C(=O)N2CCO[C@H](CC(=O)O)C2)sc2cccc(F)c12. The smallest absolute Gasteiger partial charge is 0.306 e. The monoisotopic (exact) mass is 337 g/mol. The predicted molar refractivity (Wildman–Crippen MR) is 84.4 cm³/mol. The van der Waals surface area contributed by atoms with Gasteiger partial charge in [-0.2, -0.15) is 0 Å². The van der Waals surface area contributed by atoms with E-state index in [4.69, 9.17) is 9.84 Å². The number of halogens is 1. The summed E-state index contributed by atoms with van der Waals surface area (Å²) in [5, 5.41) is 9.34. The average Bonchev–Trinajstić information content (AvgIpc) is 2.84. The number of carboxylic acid groups (broad SMARTS) is 1. The van der Waals surface area contributed by atoms with E-state index in [9.17, 15) is 14.0 Å². The number of hydrogen-bond acceptors (Lipinski definition) is 4. The molecule has 1 amide bonds. The minimum Gasteiger partial charge on any atom is -0.481 e. The van der Waals surface area contributed by atoms with Crippen LogP contribution in [0, 0.1) is 12.7 Å². The van der Waals surface area contributed by atoms with Crippen LogP contribution in [0.25, 0.3) is 10.1 Å². The molecule has 1 aromatic heterocycles. The van der Waals surface area contributed by atoms with E-state index in [1.807, 2.05) is 0 Å². The first-order valence-electron chi connectivity index (χ1n) is 7.27. The van der Waals surface area contributed by atoms with Gasteiger partial charge in [-0.15, -0.1) is 11.3 Å². The number of amides is 1. The molecule has 2 aromatic rings. The maximum Gasteiger partial charge on any atom is 0.306 e. The van der Waals surface area contributed by atoms with E-state index in [1.165, 1.54) is 17.4 Å². The molecule has 1 saturated heterocycles. The first kappa shape index (κ1) is 15.9. The van der Waals surface area contributed by atoms with Crippen molar-refractivity contribution in [2.75, 3.05) is 19.7 Å². The molecule has 1 aliphatic rings. The molecule has 0 aliphatic carbocycles. The van der Waals surface area contributed by atoms with Gasteiger partial charge < -0.3 is 14.7 Å². The summed E-state index contributed by atoms with van der Waals surface area (Å²) < 4.78 is 20.1. The second kappa shape index (κ2) is 6.25. The van der Waals surface area contributed by atoms with E-state index in [0.717, 1.165) is 4.70 Å². The Balaban J connectivity index is 1.87. The van der Waals surface area contributed by atoms with Crippen molar-refractivity contribution in [3.05, 3.63) is 34.5 Å². The molecule has 3 rings (SSSR count). The molecule has 1 fully saturated rings.